The van der Waals surface area contributed by atoms with Gasteiger partial charge in [-0.25, -0.2) is 13.8 Å². The van der Waals surface area contributed by atoms with E-state index in [9.17, 15) is 18.4 Å². The molecule has 2 aromatic heterocycles. The van der Waals surface area contributed by atoms with E-state index in [1.54, 1.807) is 43.6 Å². The van der Waals surface area contributed by atoms with Gasteiger partial charge in [0.2, 0.25) is 5.91 Å². The zero-order valence-corrected chi connectivity index (χ0v) is 21.1. The summed E-state index contributed by atoms with van der Waals surface area (Å²) in [6, 6.07) is 13.8. The van der Waals surface area contributed by atoms with E-state index in [4.69, 9.17) is 0 Å². The number of aryl methyl sites for hydroxylation is 1. The molecule has 0 saturated heterocycles. The first-order valence-electron chi connectivity index (χ1n) is 12.3. The predicted octanol–water partition coefficient (Wildman–Crippen LogP) is 5.50. The van der Waals surface area contributed by atoms with Gasteiger partial charge in [-0.05, 0) is 80.6 Å². The van der Waals surface area contributed by atoms with Crippen molar-refractivity contribution in [3.8, 4) is 11.5 Å². The van der Waals surface area contributed by atoms with Crippen molar-refractivity contribution in [2.45, 2.75) is 39.2 Å². The van der Waals surface area contributed by atoms with Crippen molar-refractivity contribution in [2.75, 3.05) is 10.6 Å². The van der Waals surface area contributed by atoms with Crippen molar-refractivity contribution in [3.05, 3.63) is 89.2 Å². The van der Waals surface area contributed by atoms with E-state index in [1.165, 1.54) is 24.3 Å². The van der Waals surface area contributed by atoms with Crippen molar-refractivity contribution in [1.29, 1.82) is 0 Å². The van der Waals surface area contributed by atoms with E-state index in [2.05, 4.69) is 25.8 Å². The first-order chi connectivity index (χ1) is 18.2. The van der Waals surface area contributed by atoms with Crippen molar-refractivity contribution in [1.82, 2.24) is 19.7 Å². The third kappa shape index (κ3) is 5.15. The number of amides is 2. The van der Waals surface area contributed by atoms with Crippen LogP contribution in [0.25, 0.3) is 11.5 Å². The molecule has 38 heavy (non-hydrogen) atoms. The molecule has 0 radical (unpaired) electrons. The summed E-state index contributed by atoms with van der Waals surface area (Å²) in [4.78, 5) is 30.3. The zero-order chi connectivity index (χ0) is 27.0. The highest BCUT2D eigenvalue weighted by Crippen LogP contribution is 2.48. The van der Waals surface area contributed by atoms with Crippen LogP contribution in [-0.2, 0) is 4.79 Å². The summed E-state index contributed by atoms with van der Waals surface area (Å²) < 4.78 is 29.9. The fraction of sp³-hybridized carbons (Fsp3) is 0.250. The van der Waals surface area contributed by atoms with Crippen LogP contribution in [0.3, 0.4) is 0 Å². The maximum Gasteiger partial charge on any atom is 0.259 e. The number of hydrogen-bond acceptors (Lipinski definition) is 5. The lowest BCUT2D eigenvalue weighted by molar-refractivity contribution is -0.117. The summed E-state index contributed by atoms with van der Waals surface area (Å²) in [5.41, 5.74) is 2.00. The Morgan fingerprint density at radius 2 is 1.82 bits per heavy atom. The fourth-order valence-corrected chi connectivity index (χ4v) is 4.39. The number of nitrogens with one attached hydrogen (secondary N) is 2. The Morgan fingerprint density at radius 3 is 2.55 bits per heavy atom. The van der Waals surface area contributed by atoms with Gasteiger partial charge in [-0.15, -0.1) is 10.2 Å². The van der Waals surface area contributed by atoms with Crippen LogP contribution in [0.2, 0.25) is 0 Å². The lowest BCUT2D eigenvalue weighted by Crippen LogP contribution is -2.18. The number of rotatable bonds is 7. The minimum atomic E-state index is -0.718. The second-order valence-electron chi connectivity index (χ2n) is 9.65. The van der Waals surface area contributed by atoms with Crippen LogP contribution in [0.1, 0.15) is 53.7 Å². The molecule has 194 valence electrons. The van der Waals surface area contributed by atoms with Gasteiger partial charge in [0, 0.05) is 17.6 Å². The van der Waals surface area contributed by atoms with Gasteiger partial charge in [0.1, 0.15) is 29.5 Å². The smallest absolute Gasteiger partial charge is 0.259 e. The van der Waals surface area contributed by atoms with Crippen LogP contribution in [0.15, 0.2) is 60.9 Å². The topological polar surface area (TPSA) is 102 Å². The highest BCUT2D eigenvalue weighted by Gasteiger charge is 2.44. The molecule has 0 spiro atoms. The van der Waals surface area contributed by atoms with Crippen LogP contribution in [0, 0.1) is 24.5 Å². The van der Waals surface area contributed by atoms with Crippen molar-refractivity contribution in [3.63, 3.8) is 0 Å². The van der Waals surface area contributed by atoms with Crippen molar-refractivity contribution < 1.29 is 18.4 Å². The second kappa shape index (κ2) is 10.1. The average Bonchev–Trinajstić information content (AvgIpc) is 3.52. The summed E-state index contributed by atoms with van der Waals surface area (Å²) >= 11 is 0. The normalized spacial score (nSPS) is 16.4. The molecule has 2 heterocycles. The average molecular weight is 517 g/mol. The molecule has 5 rings (SSSR count). The predicted molar refractivity (Wildman–Crippen MR) is 139 cm³/mol. The van der Waals surface area contributed by atoms with Crippen molar-refractivity contribution >= 4 is 23.3 Å². The van der Waals surface area contributed by atoms with Gasteiger partial charge in [-0.1, -0.05) is 18.2 Å². The molecular formula is C28H26F2N6O2. The highest BCUT2D eigenvalue weighted by atomic mass is 19.1. The Labute approximate surface area is 218 Å². The first-order valence-corrected chi connectivity index (χ1v) is 12.3. The van der Waals surface area contributed by atoms with Gasteiger partial charge in [0.15, 0.2) is 5.82 Å². The fourth-order valence-electron chi connectivity index (χ4n) is 4.39. The number of pyridine rings is 1. The maximum absolute atomic E-state index is 14.8. The van der Waals surface area contributed by atoms with E-state index in [0.717, 1.165) is 5.56 Å². The molecule has 1 fully saturated rings. The van der Waals surface area contributed by atoms with Crippen LogP contribution in [0.4, 0.5) is 20.3 Å². The standard InChI is InChI=1S/C28H26F2N6O2/c1-15(2)36-14-31-35-26(36)23-5-4-6-25(32-23)34-28(38)21-13-24(16(3)11-22(21)30)33-27(37)20-12-19(20)17-7-9-18(29)10-8-17/h4-11,13-15,19-20H,12H2,1-3H3,(H,33,37)(H,32,34,38). The number of benzene rings is 2. The van der Waals surface area contributed by atoms with Crippen LogP contribution in [0.5, 0.6) is 0 Å². The van der Waals surface area contributed by atoms with Crippen LogP contribution >= 0.6 is 0 Å². The van der Waals surface area contributed by atoms with Gasteiger partial charge in [-0.2, -0.15) is 0 Å². The molecule has 1 aliphatic rings. The molecule has 1 saturated carbocycles. The van der Waals surface area contributed by atoms with E-state index in [-0.39, 0.29) is 41.0 Å². The molecule has 2 atom stereocenters. The van der Waals surface area contributed by atoms with Crippen LogP contribution < -0.4 is 10.6 Å². The molecule has 2 unspecified atom stereocenters. The zero-order valence-electron chi connectivity index (χ0n) is 21.1. The molecule has 2 aromatic carbocycles. The molecular weight excluding hydrogens is 490 g/mol. The molecule has 4 aromatic rings. The van der Waals surface area contributed by atoms with E-state index < -0.39 is 11.7 Å². The Balaban J connectivity index is 1.31. The summed E-state index contributed by atoms with van der Waals surface area (Å²) in [5, 5.41) is 13.5. The summed E-state index contributed by atoms with van der Waals surface area (Å²) in [7, 11) is 0. The Bertz CT molecular complexity index is 1520. The lowest BCUT2D eigenvalue weighted by Gasteiger charge is -2.13. The summed E-state index contributed by atoms with van der Waals surface area (Å²) in [6.45, 7) is 5.63. The van der Waals surface area contributed by atoms with E-state index in [1.807, 2.05) is 18.4 Å². The molecule has 0 aliphatic heterocycles. The third-order valence-corrected chi connectivity index (χ3v) is 6.59. The molecule has 10 heteroatoms. The number of halogens is 2. The number of hydrogen-bond donors (Lipinski definition) is 2. The molecule has 1 aliphatic carbocycles. The van der Waals surface area contributed by atoms with Gasteiger partial charge in [0.25, 0.3) is 5.91 Å². The number of carbonyl (C=O) groups is 2. The molecule has 8 nitrogen and oxygen atoms in total. The van der Waals surface area contributed by atoms with Gasteiger partial charge < -0.3 is 15.2 Å². The molecule has 0 bridgehead atoms. The molecule has 2 N–H and O–H groups in total. The van der Waals surface area contributed by atoms with Gasteiger partial charge in [-0.3, -0.25) is 9.59 Å². The Hall–Kier alpha value is -4.47. The Morgan fingerprint density at radius 1 is 1.05 bits per heavy atom. The van der Waals surface area contributed by atoms with Crippen LogP contribution in [-0.4, -0.2) is 31.6 Å². The number of nitrogens with zero attached hydrogens (tertiary/aromatic N) is 4. The Kier molecular flexibility index (Phi) is 6.71. The lowest BCUT2D eigenvalue weighted by atomic mass is 10.1. The summed E-state index contributed by atoms with van der Waals surface area (Å²) in [6.07, 6.45) is 2.24. The van der Waals surface area contributed by atoms with Gasteiger partial charge in [0.05, 0.1) is 5.56 Å². The molecule has 2 amide bonds. The van der Waals surface area contributed by atoms with E-state index in [0.29, 0.717) is 29.2 Å². The SMILES string of the molecule is Cc1cc(F)c(C(=O)Nc2cccc(-c3nncn3C(C)C)n2)cc1NC(=O)C1CC1c1ccc(F)cc1. The number of aromatic nitrogens is 4. The second-order valence-corrected chi connectivity index (χ2v) is 9.65. The largest absolute Gasteiger partial charge is 0.326 e. The monoisotopic (exact) mass is 516 g/mol. The number of carbonyl (C=O) groups excluding carboxylic acids is 2. The number of anilines is 2. The van der Waals surface area contributed by atoms with Crippen molar-refractivity contribution in [2.24, 2.45) is 5.92 Å². The van der Waals surface area contributed by atoms with E-state index >= 15 is 0 Å². The minimum Gasteiger partial charge on any atom is -0.326 e. The highest BCUT2D eigenvalue weighted by molar-refractivity contribution is 6.05. The summed E-state index contributed by atoms with van der Waals surface area (Å²) in [5.74, 6) is -1.50. The maximum atomic E-state index is 14.8. The first kappa shape index (κ1) is 25.2. The van der Waals surface area contributed by atoms with Gasteiger partial charge >= 0.3 is 0 Å². The minimum absolute atomic E-state index is 0.000957. The third-order valence-electron chi connectivity index (χ3n) is 6.59. The quantitative estimate of drug-likeness (QED) is 0.338.